The van der Waals surface area contributed by atoms with E-state index in [1.54, 1.807) is 6.20 Å². The first-order chi connectivity index (χ1) is 15.5. The third-order valence-corrected chi connectivity index (χ3v) is 6.63. The third-order valence-electron chi connectivity index (χ3n) is 6.63. The lowest BCUT2D eigenvalue weighted by Gasteiger charge is -2.36. The molecule has 32 heavy (non-hydrogen) atoms. The van der Waals surface area contributed by atoms with Crippen LogP contribution in [0.5, 0.6) is 0 Å². The zero-order valence-electron chi connectivity index (χ0n) is 19.2. The van der Waals surface area contributed by atoms with E-state index in [1.165, 1.54) is 0 Å². The van der Waals surface area contributed by atoms with Gasteiger partial charge in [0.2, 0.25) is 0 Å². The molecule has 1 N–H and O–H groups in total. The van der Waals surface area contributed by atoms with Gasteiger partial charge < -0.3 is 15.1 Å². The molecule has 1 saturated heterocycles. The molecule has 3 aromatic rings. The molecule has 0 unspecified atom stereocenters. The number of carbonyl (C=O) groups excluding carboxylic acids is 1. The van der Waals surface area contributed by atoms with Crippen molar-refractivity contribution >= 4 is 28.3 Å². The Balaban J connectivity index is 1.46. The van der Waals surface area contributed by atoms with Crippen LogP contribution in [0.15, 0.2) is 36.5 Å². The molecule has 7 nitrogen and oxygen atoms in total. The molecule has 5 rings (SSSR count). The van der Waals surface area contributed by atoms with E-state index in [0.29, 0.717) is 11.5 Å². The van der Waals surface area contributed by atoms with Gasteiger partial charge in [0, 0.05) is 43.8 Å². The van der Waals surface area contributed by atoms with Gasteiger partial charge in [0.05, 0.1) is 28.5 Å². The summed E-state index contributed by atoms with van der Waals surface area (Å²) in [6.07, 6.45) is 4.06. The summed E-state index contributed by atoms with van der Waals surface area (Å²) in [6, 6.07) is 10.3. The largest absolute Gasteiger partial charge is 0.367 e. The van der Waals surface area contributed by atoms with Crippen molar-refractivity contribution in [1.29, 1.82) is 0 Å². The van der Waals surface area contributed by atoms with E-state index in [0.717, 1.165) is 73.7 Å². The highest BCUT2D eigenvalue weighted by atomic mass is 16.1. The van der Waals surface area contributed by atoms with Crippen LogP contribution in [0.2, 0.25) is 0 Å². The van der Waals surface area contributed by atoms with Crippen LogP contribution in [-0.2, 0) is 0 Å². The molecule has 1 aliphatic carbocycles. The predicted molar refractivity (Wildman–Crippen MR) is 129 cm³/mol. The van der Waals surface area contributed by atoms with Crippen molar-refractivity contribution in [2.45, 2.75) is 45.6 Å². The number of aromatic nitrogens is 3. The van der Waals surface area contributed by atoms with Crippen LogP contribution in [-0.4, -0.2) is 58.3 Å². The maximum absolute atomic E-state index is 13.5. The summed E-state index contributed by atoms with van der Waals surface area (Å²) in [7, 11) is 0. The summed E-state index contributed by atoms with van der Waals surface area (Å²) in [5.74, 6) is 0.367. The normalized spacial score (nSPS) is 17.3. The number of amides is 1. The number of rotatable bonds is 6. The summed E-state index contributed by atoms with van der Waals surface area (Å²) < 4.78 is 1.92. The number of benzene rings is 1. The average Bonchev–Trinajstić information content (AvgIpc) is 3.57. The van der Waals surface area contributed by atoms with Gasteiger partial charge >= 0.3 is 0 Å². The number of piperazine rings is 1. The fraction of sp³-hybridized carbons (Fsp3) is 0.480. The lowest BCUT2D eigenvalue weighted by molar-refractivity contribution is 0.102. The number of para-hydroxylation sites is 2. The second-order valence-electron chi connectivity index (χ2n) is 9.18. The Hall–Kier alpha value is -2.93. The monoisotopic (exact) mass is 432 g/mol. The van der Waals surface area contributed by atoms with E-state index in [4.69, 9.17) is 4.98 Å². The van der Waals surface area contributed by atoms with Crippen LogP contribution in [0.3, 0.4) is 0 Å². The van der Waals surface area contributed by atoms with Gasteiger partial charge in [-0.3, -0.25) is 4.79 Å². The molecule has 0 bridgehead atoms. The van der Waals surface area contributed by atoms with Crippen molar-refractivity contribution in [2.24, 2.45) is 0 Å². The Labute approximate surface area is 189 Å². The van der Waals surface area contributed by atoms with Gasteiger partial charge in [-0.1, -0.05) is 19.1 Å². The first-order valence-electron chi connectivity index (χ1n) is 11.8. The molecule has 1 aromatic carbocycles. The van der Waals surface area contributed by atoms with Crippen LogP contribution in [0.1, 0.15) is 61.6 Å². The molecule has 1 saturated carbocycles. The van der Waals surface area contributed by atoms with Gasteiger partial charge in [0.1, 0.15) is 0 Å². The average molecular weight is 433 g/mol. The maximum Gasteiger partial charge on any atom is 0.256 e. The molecule has 1 aliphatic heterocycles. The lowest BCUT2D eigenvalue weighted by atomic mass is 10.1. The van der Waals surface area contributed by atoms with Crippen LogP contribution < -0.4 is 10.2 Å². The molecule has 2 fully saturated rings. The van der Waals surface area contributed by atoms with Crippen LogP contribution in [0.25, 0.3) is 11.0 Å². The van der Waals surface area contributed by atoms with Gasteiger partial charge in [0.25, 0.3) is 5.91 Å². The number of carbonyl (C=O) groups is 1. The Morgan fingerprint density at radius 1 is 1.16 bits per heavy atom. The maximum atomic E-state index is 13.5. The highest BCUT2D eigenvalue weighted by molar-refractivity contribution is 6.13. The molecular formula is C25H32N6O. The Kier molecular flexibility index (Phi) is 5.59. The van der Waals surface area contributed by atoms with E-state index < -0.39 is 0 Å². The second-order valence-corrected chi connectivity index (χ2v) is 9.18. The summed E-state index contributed by atoms with van der Waals surface area (Å²) in [6.45, 7) is 11.5. The zero-order chi connectivity index (χ0) is 22.2. The van der Waals surface area contributed by atoms with Crippen molar-refractivity contribution in [3.63, 3.8) is 0 Å². The van der Waals surface area contributed by atoms with Crippen LogP contribution in [0, 0.1) is 0 Å². The van der Waals surface area contributed by atoms with Crippen molar-refractivity contribution in [3.8, 4) is 0 Å². The summed E-state index contributed by atoms with van der Waals surface area (Å²) in [5, 5.41) is 8.56. The molecule has 2 aromatic heterocycles. The molecular weight excluding hydrogens is 400 g/mol. The number of nitrogens with one attached hydrogen (secondary N) is 1. The minimum absolute atomic E-state index is 0.0951. The van der Waals surface area contributed by atoms with Gasteiger partial charge in [-0.15, -0.1) is 0 Å². The van der Waals surface area contributed by atoms with Crippen molar-refractivity contribution in [3.05, 3.63) is 47.8 Å². The molecule has 0 radical (unpaired) electrons. The van der Waals surface area contributed by atoms with E-state index in [-0.39, 0.29) is 11.9 Å². The van der Waals surface area contributed by atoms with E-state index in [2.05, 4.69) is 47.1 Å². The highest BCUT2D eigenvalue weighted by Gasteiger charge is 2.28. The number of hydrogen-bond acceptors (Lipinski definition) is 5. The third kappa shape index (κ3) is 3.97. The summed E-state index contributed by atoms with van der Waals surface area (Å²) in [5.41, 5.74) is 4.42. The van der Waals surface area contributed by atoms with Gasteiger partial charge in [-0.2, -0.15) is 5.10 Å². The quantitative estimate of drug-likeness (QED) is 0.630. The molecule has 0 atom stereocenters. The minimum atomic E-state index is -0.0951. The first-order valence-corrected chi connectivity index (χ1v) is 11.8. The lowest BCUT2D eigenvalue weighted by Crippen LogP contribution is -2.46. The number of nitrogens with zero attached hydrogens (tertiary/aromatic N) is 5. The minimum Gasteiger partial charge on any atom is -0.367 e. The summed E-state index contributed by atoms with van der Waals surface area (Å²) >= 11 is 0. The van der Waals surface area contributed by atoms with Crippen molar-refractivity contribution in [2.75, 3.05) is 42.9 Å². The second kappa shape index (κ2) is 8.54. The fourth-order valence-corrected chi connectivity index (χ4v) is 4.54. The standard InChI is InChI=1S/C25H32N6O/c1-4-29-11-13-30(14-12-29)23-8-6-5-7-21(23)28-25(32)19-15-22(18-9-10-18)27-24-20(19)16-26-31(24)17(2)3/h5-8,15-18H,4,9-14H2,1-3H3,(H,28,32). The molecule has 7 heteroatoms. The van der Waals surface area contributed by atoms with Crippen molar-refractivity contribution in [1.82, 2.24) is 19.7 Å². The molecule has 0 spiro atoms. The highest BCUT2D eigenvalue weighted by Crippen LogP contribution is 2.40. The molecule has 1 amide bonds. The predicted octanol–water partition coefficient (Wildman–Crippen LogP) is 4.28. The van der Waals surface area contributed by atoms with Gasteiger partial charge in [-0.25, -0.2) is 9.67 Å². The van der Waals surface area contributed by atoms with Crippen molar-refractivity contribution < 1.29 is 4.79 Å². The number of likely N-dealkylation sites (N-methyl/N-ethyl adjacent to an activating group) is 1. The fourth-order valence-electron chi connectivity index (χ4n) is 4.54. The van der Waals surface area contributed by atoms with Gasteiger partial charge in [-0.05, 0) is 51.4 Å². The Bertz CT molecular complexity index is 1120. The van der Waals surface area contributed by atoms with E-state index in [9.17, 15) is 4.79 Å². The Morgan fingerprint density at radius 2 is 1.91 bits per heavy atom. The number of anilines is 2. The number of pyridine rings is 1. The van der Waals surface area contributed by atoms with Crippen LogP contribution >= 0.6 is 0 Å². The van der Waals surface area contributed by atoms with E-state index >= 15 is 0 Å². The SMILES string of the molecule is CCN1CCN(c2ccccc2NC(=O)c2cc(C3CC3)nc3c2cnn3C(C)C)CC1. The first kappa shape index (κ1) is 20.9. The number of fused-ring (bicyclic) bond motifs is 1. The topological polar surface area (TPSA) is 66.3 Å². The molecule has 2 aliphatic rings. The molecule has 3 heterocycles. The smallest absolute Gasteiger partial charge is 0.256 e. The Morgan fingerprint density at radius 3 is 2.59 bits per heavy atom. The van der Waals surface area contributed by atoms with Gasteiger partial charge in [0.15, 0.2) is 5.65 Å². The zero-order valence-corrected chi connectivity index (χ0v) is 19.2. The van der Waals surface area contributed by atoms with Crippen LogP contribution in [0.4, 0.5) is 11.4 Å². The number of hydrogen-bond donors (Lipinski definition) is 1. The van der Waals surface area contributed by atoms with E-state index in [1.807, 2.05) is 28.9 Å². The molecule has 168 valence electrons. The summed E-state index contributed by atoms with van der Waals surface area (Å²) in [4.78, 5) is 23.2.